The van der Waals surface area contributed by atoms with Gasteiger partial charge in [0.05, 0.1) is 22.9 Å². The maximum absolute atomic E-state index is 12.8. The lowest BCUT2D eigenvalue weighted by atomic mass is 9.94. The summed E-state index contributed by atoms with van der Waals surface area (Å²) in [7, 11) is 0. The van der Waals surface area contributed by atoms with Crippen molar-refractivity contribution in [2.24, 2.45) is 5.92 Å². The summed E-state index contributed by atoms with van der Waals surface area (Å²) >= 11 is 0. The number of aromatic nitrogens is 1. The zero-order valence-electron chi connectivity index (χ0n) is 13.5. The molecule has 1 aromatic carbocycles. The zero-order valence-corrected chi connectivity index (χ0v) is 13.5. The highest BCUT2D eigenvalue weighted by molar-refractivity contribution is 5.99. The number of para-hydroxylation sites is 1. The number of carbonyl (C=O) groups is 1. The van der Waals surface area contributed by atoms with Crippen molar-refractivity contribution in [1.82, 2.24) is 9.88 Å². The number of aliphatic hydroxyl groups is 2. The molecule has 1 aliphatic heterocycles. The SMILES string of the molecule is Cc1nc2c(C)cccc2cc1C(=O)N1CC[C@H](CO)[C@@H](O)C1. The largest absolute Gasteiger partial charge is 0.396 e. The second-order valence-electron chi connectivity index (χ2n) is 6.32. The number of rotatable bonds is 2. The molecular weight excluding hydrogens is 292 g/mol. The normalized spacial score (nSPS) is 21.7. The van der Waals surface area contributed by atoms with Gasteiger partial charge in [0, 0.05) is 31.0 Å². The van der Waals surface area contributed by atoms with Crippen molar-refractivity contribution in [1.29, 1.82) is 0 Å². The van der Waals surface area contributed by atoms with Crippen LogP contribution in [0.25, 0.3) is 10.9 Å². The Bertz CT molecular complexity index is 744. The van der Waals surface area contributed by atoms with Gasteiger partial charge in [0.2, 0.25) is 0 Å². The first-order valence-electron chi connectivity index (χ1n) is 7.96. The Hall–Kier alpha value is -1.98. The van der Waals surface area contributed by atoms with Crippen LogP contribution in [-0.2, 0) is 0 Å². The minimum Gasteiger partial charge on any atom is -0.396 e. The van der Waals surface area contributed by atoms with Gasteiger partial charge in [-0.1, -0.05) is 18.2 Å². The summed E-state index contributed by atoms with van der Waals surface area (Å²) in [6.45, 7) is 4.61. The standard InChI is InChI=1S/C18H22N2O3/c1-11-4-3-5-13-8-15(12(2)19-17(11)13)18(23)20-7-6-14(10-21)16(22)9-20/h3-5,8,14,16,21-22H,6-7,9-10H2,1-2H3/t14-,16+/m1/s1. The molecule has 5 nitrogen and oxygen atoms in total. The van der Waals surface area contributed by atoms with Crippen LogP contribution in [0.4, 0.5) is 0 Å². The van der Waals surface area contributed by atoms with Gasteiger partial charge in [-0.15, -0.1) is 0 Å². The van der Waals surface area contributed by atoms with E-state index < -0.39 is 6.10 Å². The lowest BCUT2D eigenvalue weighted by molar-refractivity contribution is 0.000834. The molecule has 0 aliphatic carbocycles. The van der Waals surface area contributed by atoms with Crippen molar-refractivity contribution in [3.05, 3.63) is 41.1 Å². The fraction of sp³-hybridized carbons (Fsp3) is 0.444. The van der Waals surface area contributed by atoms with Crippen LogP contribution in [-0.4, -0.2) is 51.8 Å². The molecule has 23 heavy (non-hydrogen) atoms. The first kappa shape index (κ1) is 15.9. The average Bonchev–Trinajstić information content (AvgIpc) is 2.54. The summed E-state index contributed by atoms with van der Waals surface area (Å²) in [5, 5.41) is 20.2. The van der Waals surface area contributed by atoms with E-state index in [0.717, 1.165) is 16.5 Å². The summed E-state index contributed by atoms with van der Waals surface area (Å²) in [5.41, 5.74) is 3.29. The molecule has 1 amide bonds. The molecule has 2 heterocycles. The number of β-amino-alcohol motifs (C(OH)–C–C–N with tert-alkyl or cyclic N) is 1. The lowest BCUT2D eigenvalue weighted by Crippen LogP contribution is -2.47. The van der Waals surface area contributed by atoms with Crippen molar-refractivity contribution in [3.63, 3.8) is 0 Å². The van der Waals surface area contributed by atoms with E-state index in [1.807, 2.05) is 38.1 Å². The van der Waals surface area contributed by atoms with E-state index in [1.54, 1.807) is 4.90 Å². The average molecular weight is 314 g/mol. The Morgan fingerprint density at radius 2 is 2.17 bits per heavy atom. The Morgan fingerprint density at radius 1 is 1.39 bits per heavy atom. The molecular formula is C18H22N2O3. The molecule has 1 aromatic heterocycles. The van der Waals surface area contributed by atoms with Gasteiger partial charge in [0.15, 0.2) is 0 Å². The summed E-state index contributed by atoms with van der Waals surface area (Å²) in [6.07, 6.45) is -0.0589. The van der Waals surface area contributed by atoms with Crippen LogP contribution < -0.4 is 0 Å². The second kappa shape index (κ2) is 6.26. The molecule has 0 spiro atoms. The Balaban J connectivity index is 1.91. The summed E-state index contributed by atoms with van der Waals surface area (Å²) in [5.74, 6) is -0.244. The lowest BCUT2D eigenvalue weighted by Gasteiger charge is -2.35. The fourth-order valence-electron chi connectivity index (χ4n) is 3.20. The first-order valence-corrected chi connectivity index (χ1v) is 7.96. The number of pyridine rings is 1. The van der Waals surface area contributed by atoms with Crippen molar-refractivity contribution < 1.29 is 15.0 Å². The quantitative estimate of drug-likeness (QED) is 0.884. The van der Waals surface area contributed by atoms with Crippen LogP contribution in [0.1, 0.15) is 28.0 Å². The number of piperidine rings is 1. The topological polar surface area (TPSA) is 73.7 Å². The van der Waals surface area contributed by atoms with Gasteiger partial charge in [-0.2, -0.15) is 0 Å². The number of fused-ring (bicyclic) bond motifs is 1. The van der Waals surface area contributed by atoms with E-state index in [1.165, 1.54) is 0 Å². The maximum Gasteiger partial charge on any atom is 0.255 e. The zero-order chi connectivity index (χ0) is 16.6. The summed E-state index contributed by atoms with van der Waals surface area (Å²) < 4.78 is 0. The number of aliphatic hydroxyl groups excluding tert-OH is 2. The highest BCUT2D eigenvalue weighted by atomic mass is 16.3. The number of aryl methyl sites for hydroxylation is 2. The molecule has 0 radical (unpaired) electrons. The fourth-order valence-corrected chi connectivity index (χ4v) is 3.20. The number of nitrogens with zero attached hydrogens (tertiary/aromatic N) is 2. The van der Waals surface area contributed by atoms with Crippen LogP contribution in [0.3, 0.4) is 0 Å². The number of likely N-dealkylation sites (tertiary alicyclic amines) is 1. The van der Waals surface area contributed by atoms with Crippen molar-refractivity contribution in [2.75, 3.05) is 19.7 Å². The minimum absolute atomic E-state index is 0.0426. The van der Waals surface area contributed by atoms with Crippen LogP contribution in [0.2, 0.25) is 0 Å². The van der Waals surface area contributed by atoms with Gasteiger partial charge < -0.3 is 15.1 Å². The number of benzene rings is 1. The van der Waals surface area contributed by atoms with E-state index in [0.29, 0.717) is 24.2 Å². The van der Waals surface area contributed by atoms with E-state index in [-0.39, 0.29) is 25.0 Å². The van der Waals surface area contributed by atoms with Crippen LogP contribution in [0, 0.1) is 19.8 Å². The van der Waals surface area contributed by atoms with Gasteiger partial charge >= 0.3 is 0 Å². The Morgan fingerprint density at radius 3 is 2.87 bits per heavy atom. The summed E-state index contributed by atoms with van der Waals surface area (Å²) in [6, 6.07) is 7.81. The molecule has 0 unspecified atom stereocenters. The molecule has 1 saturated heterocycles. The van der Waals surface area contributed by atoms with E-state index in [4.69, 9.17) is 0 Å². The van der Waals surface area contributed by atoms with E-state index in [9.17, 15) is 15.0 Å². The van der Waals surface area contributed by atoms with Gasteiger partial charge in [-0.05, 0) is 31.9 Å². The summed E-state index contributed by atoms with van der Waals surface area (Å²) in [4.78, 5) is 19.0. The number of amides is 1. The predicted octanol–water partition coefficient (Wildman–Crippen LogP) is 1.67. The highest BCUT2D eigenvalue weighted by Gasteiger charge is 2.30. The molecule has 2 N–H and O–H groups in total. The smallest absolute Gasteiger partial charge is 0.255 e. The monoisotopic (exact) mass is 314 g/mol. The van der Waals surface area contributed by atoms with Crippen LogP contribution in [0.5, 0.6) is 0 Å². The predicted molar refractivity (Wildman–Crippen MR) is 88.3 cm³/mol. The number of carbonyl (C=O) groups excluding carboxylic acids is 1. The van der Waals surface area contributed by atoms with Crippen LogP contribution >= 0.6 is 0 Å². The second-order valence-corrected chi connectivity index (χ2v) is 6.32. The van der Waals surface area contributed by atoms with Gasteiger partial charge in [0.25, 0.3) is 5.91 Å². The van der Waals surface area contributed by atoms with Crippen LogP contribution in [0.15, 0.2) is 24.3 Å². The Kier molecular flexibility index (Phi) is 4.33. The highest BCUT2D eigenvalue weighted by Crippen LogP contribution is 2.23. The number of hydrogen-bond donors (Lipinski definition) is 2. The van der Waals surface area contributed by atoms with Crippen molar-refractivity contribution in [2.45, 2.75) is 26.4 Å². The third kappa shape index (κ3) is 2.94. The molecule has 5 heteroatoms. The molecule has 3 rings (SSSR count). The molecule has 2 atom stereocenters. The third-order valence-corrected chi connectivity index (χ3v) is 4.71. The van der Waals surface area contributed by atoms with Crippen molar-refractivity contribution in [3.8, 4) is 0 Å². The molecule has 1 aliphatic rings. The third-order valence-electron chi connectivity index (χ3n) is 4.71. The molecule has 2 aromatic rings. The molecule has 122 valence electrons. The molecule has 1 fully saturated rings. The van der Waals surface area contributed by atoms with Crippen molar-refractivity contribution >= 4 is 16.8 Å². The maximum atomic E-state index is 12.8. The van der Waals surface area contributed by atoms with Gasteiger partial charge in [0.1, 0.15) is 0 Å². The van der Waals surface area contributed by atoms with Gasteiger partial charge in [-0.3, -0.25) is 9.78 Å². The van der Waals surface area contributed by atoms with E-state index in [2.05, 4.69) is 4.98 Å². The van der Waals surface area contributed by atoms with E-state index >= 15 is 0 Å². The molecule has 0 saturated carbocycles. The number of hydrogen-bond acceptors (Lipinski definition) is 4. The molecule has 0 bridgehead atoms. The minimum atomic E-state index is -0.673. The first-order chi connectivity index (χ1) is 11.0. The van der Waals surface area contributed by atoms with Gasteiger partial charge in [-0.25, -0.2) is 0 Å². The Labute approximate surface area is 135 Å².